The van der Waals surface area contributed by atoms with Gasteiger partial charge in [-0.2, -0.15) is 0 Å². The third kappa shape index (κ3) is 2.25. The highest BCUT2D eigenvalue weighted by Gasteiger charge is 2.51. The molecular formula is C19H32O. The van der Waals surface area contributed by atoms with Gasteiger partial charge in [-0.1, -0.05) is 26.2 Å². The summed E-state index contributed by atoms with van der Waals surface area (Å²) in [6.07, 6.45) is 14.1. The first-order valence-electron chi connectivity index (χ1n) is 9.42. The Morgan fingerprint density at radius 1 is 0.850 bits per heavy atom. The van der Waals surface area contributed by atoms with E-state index in [1.807, 2.05) is 0 Å². The second kappa shape index (κ2) is 5.30. The minimum Gasteiger partial charge on any atom is -0.393 e. The molecule has 0 aromatic rings. The number of hydrogen-bond acceptors (Lipinski definition) is 1. The Balaban J connectivity index is 1.42. The minimum atomic E-state index is 0.0443. The average molecular weight is 276 g/mol. The Kier molecular flexibility index (Phi) is 3.61. The van der Waals surface area contributed by atoms with Gasteiger partial charge in [-0.25, -0.2) is 0 Å². The van der Waals surface area contributed by atoms with Crippen molar-refractivity contribution in [3.05, 3.63) is 0 Å². The molecule has 0 amide bonds. The van der Waals surface area contributed by atoms with Crippen molar-refractivity contribution in [2.45, 2.75) is 77.2 Å². The molecule has 20 heavy (non-hydrogen) atoms. The molecule has 0 radical (unpaired) electrons. The quantitative estimate of drug-likeness (QED) is 0.796. The van der Waals surface area contributed by atoms with E-state index in [2.05, 4.69) is 6.92 Å². The molecule has 0 aromatic carbocycles. The van der Waals surface area contributed by atoms with Crippen LogP contribution in [0.15, 0.2) is 0 Å². The zero-order valence-corrected chi connectivity index (χ0v) is 13.1. The fourth-order valence-corrected chi connectivity index (χ4v) is 6.78. The molecule has 114 valence electrons. The van der Waals surface area contributed by atoms with Crippen LogP contribution < -0.4 is 0 Å². The summed E-state index contributed by atoms with van der Waals surface area (Å²) < 4.78 is 0. The van der Waals surface area contributed by atoms with Gasteiger partial charge in [0.05, 0.1) is 6.10 Å². The van der Waals surface area contributed by atoms with Crippen LogP contribution in [0.2, 0.25) is 0 Å². The van der Waals surface area contributed by atoms with E-state index in [9.17, 15) is 5.11 Å². The lowest BCUT2D eigenvalue weighted by molar-refractivity contribution is -0.111. The molecule has 5 aliphatic rings. The van der Waals surface area contributed by atoms with Gasteiger partial charge in [0, 0.05) is 0 Å². The molecular weight excluding hydrogens is 244 g/mol. The van der Waals surface area contributed by atoms with Gasteiger partial charge >= 0.3 is 0 Å². The summed E-state index contributed by atoms with van der Waals surface area (Å²) in [4.78, 5) is 0. The maximum Gasteiger partial charge on any atom is 0.0601 e. The number of rotatable bonds is 3. The highest BCUT2D eigenvalue weighted by atomic mass is 16.3. The van der Waals surface area contributed by atoms with Crippen LogP contribution in [-0.4, -0.2) is 11.2 Å². The molecule has 1 N–H and O–H groups in total. The number of aliphatic hydroxyl groups is 1. The largest absolute Gasteiger partial charge is 0.393 e. The molecule has 1 atom stereocenters. The van der Waals surface area contributed by atoms with E-state index in [0.717, 1.165) is 29.6 Å². The summed E-state index contributed by atoms with van der Waals surface area (Å²) in [6, 6.07) is 0. The molecule has 5 fully saturated rings. The Bertz CT molecular complexity index is 314. The monoisotopic (exact) mass is 276 g/mol. The van der Waals surface area contributed by atoms with Gasteiger partial charge in [-0.05, 0) is 86.4 Å². The third-order valence-electron chi connectivity index (χ3n) is 7.65. The molecule has 1 nitrogen and oxygen atoms in total. The Morgan fingerprint density at radius 3 is 1.90 bits per heavy atom. The zero-order valence-electron chi connectivity index (χ0n) is 13.1. The van der Waals surface area contributed by atoms with Crippen molar-refractivity contribution in [1.29, 1.82) is 0 Å². The number of hydrogen-bond donors (Lipinski definition) is 1. The van der Waals surface area contributed by atoms with Crippen molar-refractivity contribution in [1.82, 2.24) is 0 Å². The Labute approximate surface area is 124 Å². The van der Waals surface area contributed by atoms with E-state index in [0.29, 0.717) is 11.8 Å². The molecule has 0 spiro atoms. The molecule has 5 rings (SSSR count). The van der Waals surface area contributed by atoms with Crippen LogP contribution >= 0.6 is 0 Å². The van der Waals surface area contributed by atoms with Crippen molar-refractivity contribution in [2.24, 2.45) is 41.4 Å². The molecule has 0 aromatic heterocycles. The highest BCUT2D eigenvalue weighted by molar-refractivity contribution is 5.01. The first-order chi connectivity index (χ1) is 9.74. The summed E-state index contributed by atoms with van der Waals surface area (Å²) in [6.45, 7) is 2.33. The van der Waals surface area contributed by atoms with Gasteiger partial charge in [0.15, 0.2) is 0 Å². The van der Waals surface area contributed by atoms with Crippen LogP contribution in [0.1, 0.15) is 71.1 Å². The van der Waals surface area contributed by atoms with Gasteiger partial charge in [0.25, 0.3) is 0 Å². The lowest BCUT2D eigenvalue weighted by atomic mass is 9.50. The van der Waals surface area contributed by atoms with E-state index in [-0.39, 0.29) is 6.10 Å². The summed E-state index contributed by atoms with van der Waals surface area (Å²) in [5.74, 6) is 6.15. The topological polar surface area (TPSA) is 20.2 Å². The van der Waals surface area contributed by atoms with Gasteiger partial charge in [-0.15, -0.1) is 0 Å². The van der Waals surface area contributed by atoms with Gasteiger partial charge in [0.2, 0.25) is 0 Å². The van der Waals surface area contributed by atoms with Gasteiger partial charge in [-0.3, -0.25) is 0 Å². The molecule has 0 saturated heterocycles. The molecule has 1 heteroatoms. The first kappa shape index (κ1) is 13.6. The second-order valence-corrected chi connectivity index (χ2v) is 8.69. The van der Waals surface area contributed by atoms with E-state index < -0.39 is 0 Å². The van der Waals surface area contributed by atoms with Crippen LogP contribution in [0.5, 0.6) is 0 Å². The van der Waals surface area contributed by atoms with Crippen molar-refractivity contribution in [2.75, 3.05) is 0 Å². The predicted molar refractivity (Wildman–Crippen MR) is 82.3 cm³/mol. The van der Waals surface area contributed by atoms with Crippen molar-refractivity contribution < 1.29 is 5.11 Å². The summed E-state index contributed by atoms with van der Waals surface area (Å²) in [5.41, 5.74) is 0. The lowest BCUT2D eigenvalue weighted by Crippen LogP contribution is -2.51. The molecule has 4 bridgehead atoms. The average Bonchev–Trinajstić information content (AvgIpc) is 2.46. The van der Waals surface area contributed by atoms with E-state index in [4.69, 9.17) is 0 Å². The fourth-order valence-electron chi connectivity index (χ4n) is 6.78. The van der Waals surface area contributed by atoms with E-state index >= 15 is 0 Å². The maximum absolute atomic E-state index is 11.1. The van der Waals surface area contributed by atoms with Crippen LogP contribution in [0, 0.1) is 41.4 Å². The lowest BCUT2D eigenvalue weighted by Gasteiger charge is -2.56. The Hall–Kier alpha value is -0.0400. The Morgan fingerprint density at radius 2 is 1.40 bits per heavy atom. The van der Waals surface area contributed by atoms with Crippen LogP contribution in [0.4, 0.5) is 0 Å². The standard InChI is InChI=1S/C19H32O/c1-2-12-3-5-15(6-4-12)19(20)18-16-8-13-7-14(10-16)11-17(18)9-13/h12-20H,2-11H2,1H3. The van der Waals surface area contributed by atoms with Crippen LogP contribution in [-0.2, 0) is 0 Å². The molecule has 0 heterocycles. The van der Waals surface area contributed by atoms with Crippen LogP contribution in [0.25, 0.3) is 0 Å². The molecule has 5 aliphatic carbocycles. The molecule has 1 unspecified atom stereocenters. The fraction of sp³-hybridized carbons (Fsp3) is 1.00. The summed E-state index contributed by atoms with van der Waals surface area (Å²) in [5, 5.41) is 11.1. The van der Waals surface area contributed by atoms with Crippen LogP contribution in [0.3, 0.4) is 0 Å². The van der Waals surface area contributed by atoms with E-state index in [1.54, 1.807) is 0 Å². The number of aliphatic hydroxyl groups excluding tert-OH is 1. The van der Waals surface area contributed by atoms with Crippen molar-refractivity contribution in [3.8, 4) is 0 Å². The SMILES string of the molecule is CCC1CCC(C(O)C2C3CC4CC(C3)CC2C4)CC1. The third-order valence-corrected chi connectivity index (χ3v) is 7.65. The normalized spacial score (nSPS) is 52.2. The zero-order chi connectivity index (χ0) is 13.7. The minimum absolute atomic E-state index is 0.0443. The highest BCUT2D eigenvalue weighted by Crippen LogP contribution is 2.58. The van der Waals surface area contributed by atoms with Crippen molar-refractivity contribution >= 4 is 0 Å². The predicted octanol–water partition coefficient (Wildman–Crippen LogP) is 4.64. The first-order valence-corrected chi connectivity index (χ1v) is 9.42. The smallest absolute Gasteiger partial charge is 0.0601 e. The molecule has 5 saturated carbocycles. The van der Waals surface area contributed by atoms with E-state index in [1.165, 1.54) is 64.2 Å². The van der Waals surface area contributed by atoms with Gasteiger partial charge in [0.1, 0.15) is 0 Å². The van der Waals surface area contributed by atoms with Crippen molar-refractivity contribution in [3.63, 3.8) is 0 Å². The summed E-state index contributed by atoms with van der Waals surface area (Å²) in [7, 11) is 0. The molecule has 0 aliphatic heterocycles. The second-order valence-electron chi connectivity index (χ2n) is 8.69. The van der Waals surface area contributed by atoms with Gasteiger partial charge < -0.3 is 5.11 Å². The summed E-state index contributed by atoms with van der Waals surface area (Å²) >= 11 is 0. The maximum atomic E-state index is 11.1.